The third-order valence-electron chi connectivity index (χ3n) is 4.23. The summed E-state index contributed by atoms with van der Waals surface area (Å²) in [7, 11) is 3.56. The van der Waals surface area contributed by atoms with Gasteiger partial charge in [0.05, 0.1) is 13.7 Å². The van der Waals surface area contributed by atoms with Crippen LogP contribution in [0, 0.1) is 5.92 Å². The van der Waals surface area contributed by atoms with E-state index in [4.69, 9.17) is 9.47 Å². The molecular weight excluding hydrogens is 294 g/mol. The Hall–Kier alpha value is -2.30. The average Bonchev–Trinajstić information content (AvgIpc) is 2.83. The first-order chi connectivity index (χ1) is 10.9. The lowest BCUT2D eigenvalue weighted by Gasteiger charge is -2.20. The van der Waals surface area contributed by atoms with Gasteiger partial charge in [-0.1, -0.05) is 6.92 Å². The van der Waals surface area contributed by atoms with Crippen molar-refractivity contribution in [1.29, 1.82) is 0 Å². The topological polar surface area (TPSA) is 57.5 Å². The molecule has 0 aliphatic heterocycles. The zero-order valence-electron chi connectivity index (χ0n) is 14.3. The molecule has 1 heterocycles. The fraction of sp³-hybridized carbons (Fsp3) is 0.444. The molecule has 2 atom stereocenters. The number of carbonyl (C=O) groups is 2. The molecule has 23 heavy (non-hydrogen) atoms. The van der Waals surface area contributed by atoms with Crippen molar-refractivity contribution in [2.75, 3.05) is 13.7 Å². The average molecular weight is 317 g/mol. The molecule has 0 radical (unpaired) electrons. The van der Waals surface area contributed by atoms with Crippen molar-refractivity contribution in [3.05, 3.63) is 30.0 Å². The van der Waals surface area contributed by atoms with Gasteiger partial charge < -0.3 is 14.0 Å². The first kappa shape index (κ1) is 17.1. The predicted octanol–water partition coefficient (Wildman–Crippen LogP) is 3.06. The maximum absolute atomic E-state index is 12.2. The number of aromatic nitrogens is 1. The number of methoxy groups -OCH3 is 1. The first-order valence-electron chi connectivity index (χ1n) is 7.71. The summed E-state index contributed by atoms with van der Waals surface area (Å²) in [6.45, 7) is 5.32. The van der Waals surface area contributed by atoms with Crippen molar-refractivity contribution in [3.8, 4) is 5.75 Å². The minimum atomic E-state index is -0.792. The van der Waals surface area contributed by atoms with Gasteiger partial charge in [0.1, 0.15) is 17.5 Å². The summed E-state index contributed by atoms with van der Waals surface area (Å²) in [6, 6.07) is 7.80. The Morgan fingerprint density at radius 1 is 1.26 bits per heavy atom. The lowest BCUT2D eigenvalue weighted by Crippen LogP contribution is -2.30. The first-order valence-corrected chi connectivity index (χ1v) is 7.71. The normalized spacial score (nSPS) is 13.6. The number of nitrogens with zero attached hydrogens (tertiary/aromatic N) is 1. The Morgan fingerprint density at radius 3 is 2.52 bits per heavy atom. The van der Waals surface area contributed by atoms with Crippen LogP contribution in [0.25, 0.3) is 10.9 Å². The number of benzene rings is 1. The van der Waals surface area contributed by atoms with Crippen molar-refractivity contribution in [3.63, 3.8) is 0 Å². The van der Waals surface area contributed by atoms with E-state index in [0.29, 0.717) is 0 Å². The van der Waals surface area contributed by atoms with E-state index in [9.17, 15) is 9.59 Å². The van der Waals surface area contributed by atoms with Crippen LogP contribution >= 0.6 is 0 Å². The number of ether oxygens (including phenoxy) is 2. The molecule has 5 nitrogen and oxygen atoms in total. The van der Waals surface area contributed by atoms with Gasteiger partial charge in [-0.3, -0.25) is 9.59 Å². The SMILES string of the molecule is CCOC(=O)C(C(C)=O)C(C)c1cc2cc(OC)ccc2n1C. The highest BCUT2D eigenvalue weighted by molar-refractivity contribution is 5.99. The third kappa shape index (κ3) is 3.23. The lowest BCUT2D eigenvalue weighted by molar-refractivity contribution is -0.152. The van der Waals surface area contributed by atoms with E-state index in [1.807, 2.05) is 42.8 Å². The number of hydrogen-bond donors (Lipinski definition) is 0. The molecule has 124 valence electrons. The summed E-state index contributed by atoms with van der Waals surface area (Å²) >= 11 is 0. The number of hydrogen-bond acceptors (Lipinski definition) is 4. The molecule has 0 spiro atoms. The monoisotopic (exact) mass is 317 g/mol. The molecule has 0 fully saturated rings. The van der Waals surface area contributed by atoms with Gasteiger partial charge in [-0.2, -0.15) is 0 Å². The molecular formula is C18H23NO4. The summed E-state index contributed by atoms with van der Waals surface area (Å²) in [6.07, 6.45) is 0. The molecule has 5 heteroatoms. The van der Waals surface area contributed by atoms with Crippen LogP contribution in [0.3, 0.4) is 0 Å². The van der Waals surface area contributed by atoms with Crippen LogP contribution in [0.5, 0.6) is 5.75 Å². The van der Waals surface area contributed by atoms with Crippen LogP contribution in [0.1, 0.15) is 32.4 Å². The number of aryl methyl sites for hydroxylation is 1. The molecule has 1 aromatic heterocycles. The van der Waals surface area contributed by atoms with Crippen molar-refractivity contribution in [2.45, 2.75) is 26.7 Å². The summed E-state index contributed by atoms with van der Waals surface area (Å²) in [5.74, 6) is -0.931. The molecule has 0 N–H and O–H groups in total. The van der Waals surface area contributed by atoms with E-state index in [1.165, 1.54) is 6.92 Å². The standard InChI is InChI=1S/C18H23NO4/c1-6-23-18(21)17(12(3)20)11(2)16-10-13-9-14(22-5)7-8-15(13)19(16)4/h7-11,17H,6H2,1-5H3. The van der Waals surface area contributed by atoms with Crippen LogP contribution < -0.4 is 4.74 Å². The van der Waals surface area contributed by atoms with E-state index in [0.717, 1.165) is 22.3 Å². The Kier molecular flexibility index (Phi) is 5.08. The highest BCUT2D eigenvalue weighted by atomic mass is 16.5. The van der Waals surface area contributed by atoms with Crippen LogP contribution in [0.4, 0.5) is 0 Å². The van der Waals surface area contributed by atoms with E-state index < -0.39 is 11.9 Å². The summed E-state index contributed by atoms with van der Waals surface area (Å²) in [5.41, 5.74) is 1.94. The van der Waals surface area contributed by atoms with Gasteiger partial charge in [0.2, 0.25) is 0 Å². The number of ketones is 1. The smallest absolute Gasteiger partial charge is 0.317 e. The molecule has 2 unspecified atom stereocenters. The fourth-order valence-corrected chi connectivity index (χ4v) is 3.04. The van der Waals surface area contributed by atoms with Gasteiger partial charge in [0.25, 0.3) is 0 Å². The van der Waals surface area contributed by atoms with Crippen molar-refractivity contribution in [2.24, 2.45) is 13.0 Å². The lowest BCUT2D eigenvalue weighted by atomic mass is 9.88. The van der Waals surface area contributed by atoms with Crippen molar-refractivity contribution < 1.29 is 19.1 Å². The molecule has 0 saturated heterocycles. The van der Waals surface area contributed by atoms with Gasteiger partial charge in [0.15, 0.2) is 0 Å². The number of esters is 1. The second-order valence-electron chi connectivity index (χ2n) is 5.68. The van der Waals surface area contributed by atoms with Gasteiger partial charge in [0, 0.05) is 29.6 Å². The molecule has 0 amide bonds. The van der Waals surface area contributed by atoms with E-state index >= 15 is 0 Å². The largest absolute Gasteiger partial charge is 0.497 e. The fourth-order valence-electron chi connectivity index (χ4n) is 3.04. The van der Waals surface area contributed by atoms with Crippen LogP contribution in [0.15, 0.2) is 24.3 Å². The van der Waals surface area contributed by atoms with Gasteiger partial charge in [-0.25, -0.2) is 0 Å². The number of carbonyl (C=O) groups excluding carboxylic acids is 2. The predicted molar refractivity (Wildman–Crippen MR) is 88.7 cm³/mol. The second-order valence-corrected chi connectivity index (χ2v) is 5.68. The molecule has 2 rings (SSSR count). The Morgan fingerprint density at radius 2 is 1.96 bits per heavy atom. The number of Topliss-reactive ketones (excluding diaryl/α,β-unsaturated/α-hetero) is 1. The second kappa shape index (κ2) is 6.86. The molecule has 1 aromatic carbocycles. The van der Waals surface area contributed by atoms with E-state index in [2.05, 4.69) is 0 Å². The Labute approximate surface area is 136 Å². The highest BCUT2D eigenvalue weighted by Gasteiger charge is 2.33. The van der Waals surface area contributed by atoms with Gasteiger partial charge in [-0.05, 0) is 38.1 Å². The highest BCUT2D eigenvalue weighted by Crippen LogP contribution is 2.32. The maximum atomic E-state index is 12.2. The molecule has 0 bridgehead atoms. The van der Waals surface area contributed by atoms with Crippen molar-refractivity contribution in [1.82, 2.24) is 4.57 Å². The van der Waals surface area contributed by atoms with Gasteiger partial charge in [-0.15, -0.1) is 0 Å². The number of fused-ring (bicyclic) bond motifs is 1. The third-order valence-corrected chi connectivity index (χ3v) is 4.23. The molecule has 0 saturated carbocycles. The quantitative estimate of drug-likeness (QED) is 0.607. The van der Waals surface area contributed by atoms with Crippen LogP contribution in [0.2, 0.25) is 0 Å². The van der Waals surface area contributed by atoms with E-state index in [-0.39, 0.29) is 18.3 Å². The van der Waals surface area contributed by atoms with Crippen LogP contribution in [-0.2, 0) is 21.4 Å². The zero-order valence-corrected chi connectivity index (χ0v) is 14.3. The maximum Gasteiger partial charge on any atom is 0.317 e. The Bertz CT molecular complexity index is 732. The molecule has 0 aliphatic carbocycles. The van der Waals surface area contributed by atoms with Crippen molar-refractivity contribution >= 4 is 22.7 Å². The molecule has 0 aliphatic rings. The zero-order chi connectivity index (χ0) is 17.1. The van der Waals surface area contributed by atoms with E-state index in [1.54, 1.807) is 14.0 Å². The summed E-state index contributed by atoms with van der Waals surface area (Å²) in [5, 5.41) is 1.01. The minimum Gasteiger partial charge on any atom is -0.497 e. The van der Waals surface area contributed by atoms with Crippen LogP contribution in [-0.4, -0.2) is 30.0 Å². The minimum absolute atomic E-state index is 0.182. The summed E-state index contributed by atoms with van der Waals surface area (Å²) < 4.78 is 12.3. The van der Waals surface area contributed by atoms with Gasteiger partial charge >= 0.3 is 5.97 Å². The summed E-state index contributed by atoms with van der Waals surface area (Å²) in [4.78, 5) is 24.1. The molecule has 2 aromatic rings. The number of rotatable bonds is 6. The Balaban J connectivity index is 2.46.